The second-order valence-electron chi connectivity index (χ2n) is 7.74. The average Bonchev–Trinajstić information content (AvgIpc) is 2.69. The van der Waals surface area contributed by atoms with Crippen molar-refractivity contribution in [3.8, 4) is 0 Å². The van der Waals surface area contributed by atoms with E-state index in [2.05, 4.69) is 4.90 Å². The van der Waals surface area contributed by atoms with Gasteiger partial charge in [-0.2, -0.15) is 0 Å². The van der Waals surface area contributed by atoms with Crippen molar-refractivity contribution < 1.29 is 14.3 Å². The quantitative estimate of drug-likeness (QED) is 0.751. The summed E-state index contributed by atoms with van der Waals surface area (Å²) in [5, 5.41) is 0. The second kappa shape index (κ2) is 9.55. The van der Waals surface area contributed by atoms with Gasteiger partial charge in [-0.05, 0) is 38.8 Å². The van der Waals surface area contributed by atoms with Crippen LogP contribution in [0.2, 0.25) is 0 Å². The van der Waals surface area contributed by atoms with Crippen LogP contribution in [-0.2, 0) is 9.53 Å². The lowest BCUT2D eigenvalue weighted by Crippen LogP contribution is -2.56. The molecule has 3 amide bonds. The number of carbonyl (C=O) groups excluding carboxylic acids is 2. The molecule has 3 heterocycles. The van der Waals surface area contributed by atoms with Gasteiger partial charge in [0.05, 0.1) is 13.2 Å². The molecule has 7 heteroatoms. The minimum atomic E-state index is 0.109. The Balaban J connectivity index is 1.54. The van der Waals surface area contributed by atoms with Gasteiger partial charge < -0.3 is 24.3 Å². The highest BCUT2D eigenvalue weighted by atomic mass is 16.5. The topological polar surface area (TPSA) is 56.3 Å². The normalized spacial score (nSPS) is 25.2. The van der Waals surface area contributed by atoms with E-state index in [0.29, 0.717) is 32.8 Å². The maximum absolute atomic E-state index is 12.8. The van der Waals surface area contributed by atoms with Crippen LogP contribution in [0.1, 0.15) is 39.0 Å². The van der Waals surface area contributed by atoms with Crippen LogP contribution in [0.5, 0.6) is 0 Å². The van der Waals surface area contributed by atoms with Crippen LogP contribution >= 0.6 is 0 Å². The first kappa shape index (κ1) is 19.4. The molecule has 3 saturated heterocycles. The van der Waals surface area contributed by atoms with Crippen molar-refractivity contribution in [3.63, 3.8) is 0 Å². The zero-order chi connectivity index (χ0) is 18.4. The number of morpholine rings is 1. The monoisotopic (exact) mass is 366 g/mol. The first-order chi connectivity index (χ1) is 12.6. The van der Waals surface area contributed by atoms with E-state index in [1.54, 1.807) is 6.92 Å². The molecule has 0 saturated carbocycles. The van der Waals surface area contributed by atoms with Crippen molar-refractivity contribution >= 4 is 11.9 Å². The van der Waals surface area contributed by atoms with E-state index in [1.165, 1.54) is 19.3 Å². The van der Waals surface area contributed by atoms with E-state index < -0.39 is 0 Å². The number of rotatable bonds is 4. The molecule has 7 nitrogen and oxygen atoms in total. The molecule has 148 valence electrons. The summed E-state index contributed by atoms with van der Waals surface area (Å²) in [5.41, 5.74) is 0. The summed E-state index contributed by atoms with van der Waals surface area (Å²) in [5.74, 6) is 0.132. The summed E-state index contributed by atoms with van der Waals surface area (Å²) in [6.07, 6.45) is 5.82. The fourth-order valence-electron chi connectivity index (χ4n) is 4.37. The predicted octanol–water partition coefficient (Wildman–Crippen LogP) is 1.24. The standard InChI is InChI=1S/C19H34N4O3/c1-17(24)23(11-10-20-7-3-2-4-8-20)18-6-5-9-22(16-18)19(25)21-12-14-26-15-13-21/h18H,2-16H2,1H3. The van der Waals surface area contributed by atoms with Gasteiger partial charge in [-0.25, -0.2) is 4.79 Å². The van der Waals surface area contributed by atoms with Gasteiger partial charge in [0.2, 0.25) is 5.91 Å². The Hall–Kier alpha value is -1.34. The first-order valence-electron chi connectivity index (χ1n) is 10.3. The molecule has 0 aliphatic carbocycles. The van der Waals surface area contributed by atoms with Crippen molar-refractivity contribution in [3.05, 3.63) is 0 Å². The van der Waals surface area contributed by atoms with Crippen molar-refractivity contribution in [2.45, 2.75) is 45.1 Å². The number of piperidine rings is 2. The van der Waals surface area contributed by atoms with E-state index in [0.717, 1.165) is 45.6 Å². The van der Waals surface area contributed by atoms with E-state index in [1.807, 2.05) is 14.7 Å². The molecule has 0 spiro atoms. The molecule has 3 aliphatic heterocycles. The molecular formula is C19H34N4O3. The second-order valence-corrected chi connectivity index (χ2v) is 7.74. The van der Waals surface area contributed by atoms with Crippen LogP contribution in [0, 0.1) is 0 Å². The Morgan fingerprint density at radius 3 is 2.38 bits per heavy atom. The number of urea groups is 1. The van der Waals surface area contributed by atoms with Crippen LogP contribution < -0.4 is 0 Å². The molecule has 3 fully saturated rings. The summed E-state index contributed by atoms with van der Waals surface area (Å²) >= 11 is 0. The molecule has 1 unspecified atom stereocenters. The lowest BCUT2D eigenvalue weighted by molar-refractivity contribution is -0.132. The predicted molar refractivity (Wildman–Crippen MR) is 100 cm³/mol. The third-order valence-corrected chi connectivity index (χ3v) is 5.90. The van der Waals surface area contributed by atoms with Crippen LogP contribution in [0.15, 0.2) is 0 Å². The molecule has 0 radical (unpaired) electrons. The van der Waals surface area contributed by atoms with Gasteiger partial charge in [-0.1, -0.05) is 6.42 Å². The molecule has 0 aromatic heterocycles. The van der Waals surface area contributed by atoms with Crippen molar-refractivity contribution in [2.24, 2.45) is 0 Å². The third kappa shape index (κ3) is 5.10. The number of hydrogen-bond acceptors (Lipinski definition) is 4. The summed E-state index contributed by atoms with van der Waals surface area (Å²) in [4.78, 5) is 33.4. The van der Waals surface area contributed by atoms with E-state index >= 15 is 0 Å². The molecule has 0 N–H and O–H groups in total. The van der Waals surface area contributed by atoms with Crippen LogP contribution in [0.3, 0.4) is 0 Å². The van der Waals surface area contributed by atoms with E-state index in [9.17, 15) is 9.59 Å². The maximum atomic E-state index is 12.8. The maximum Gasteiger partial charge on any atom is 0.320 e. The molecule has 0 aromatic carbocycles. The highest BCUT2D eigenvalue weighted by molar-refractivity contribution is 5.76. The van der Waals surface area contributed by atoms with E-state index in [4.69, 9.17) is 4.74 Å². The molecule has 1 atom stereocenters. The van der Waals surface area contributed by atoms with Gasteiger partial charge in [0.1, 0.15) is 0 Å². The number of carbonyl (C=O) groups is 2. The minimum Gasteiger partial charge on any atom is -0.378 e. The van der Waals surface area contributed by atoms with Crippen LogP contribution in [0.4, 0.5) is 4.79 Å². The van der Waals surface area contributed by atoms with Gasteiger partial charge in [-0.15, -0.1) is 0 Å². The molecule has 0 aromatic rings. The fraction of sp³-hybridized carbons (Fsp3) is 0.895. The third-order valence-electron chi connectivity index (χ3n) is 5.90. The Morgan fingerprint density at radius 2 is 1.69 bits per heavy atom. The highest BCUT2D eigenvalue weighted by Gasteiger charge is 2.31. The number of likely N-dealkylation sites (tertiary alicyclic amines) is 2. The number of hydrogen-bond donors (Lipinski definition) is 0. The Kier molecular flexibility index (Phi) is 7.14. The Morgan fingerprint density at radius 1 is 0.962 bits per heavy atom. The Labute approximate surface area is 157 Å². The summed E-state index contributed by atoms with van der Waals surface area (Å²) in [6.45, 7) is 9.75. The van der Waals surface area contributed by atoms with Crippen molar-refractivity contribution in [1.82, 2.24) is 19.6 Å². The minimum absolute atomic E-state index is 0.109. The number of nitrogens with zero attached hydrogens (tertiary/aromatic N) is 4. The van der Waals surface area contributed by atoms with Gasteiger partial charge in [0, 0.05) is 52.2 Å². The molecule has 0 bridgehead atoms. The first-order valence-corrected chi connectivity index (χ1v) is 10.3. The van der Waals surface area contributed by atoms with Crippen LogP contribution in [0.25, 0.3) is 0 Å². The lowest BCUT2D eigenvalue weighted by Gasteiger charge is -2.42. The highest BCUT2D eigenvalue weighted by Crippen LogP contribution is 2.19. The fourth-order valence-corrected chi connectivity index (χ4v) is 4.37. The summed E-state index contributed by atoms with van der Waals surface area (Å²) < 4.78 is 5.35. The number of amides is 3. The molecular weight excluding hydrogens is 332 g/mol. The smallest absolute Gasteiger partial charge is 0.320 e. The lowest BCUT2D eigenvalue weighted by atomic mass is 10.0. The van der Waals surface area contributed by atoms with Gasteiger partial charge in [0.15, 0.2) is 0 Å². The zero-order valence-corrected chi connectivity index (χ0v) is 16.2. The zero-order valence-electron chi connectivity index (χ0n) is 16.2. The van der Waals surface area contributed by atoms with Gasteiger partial charge >= 0.3 is 6.03 Å². The van der Waals surface area contributed by atoms with Crippen molar-refractivity contribution in [1.29, 1.82) is 0 Å². The Bertz CT molecular complexity index is 475. The molecule has 26 heavy (non-hydrogen) atoms. The summed E-state index contributed by atoms with van der Waals surface area (Å²) in [7, 11) is 0. The largest absolute Gasteiger partial charge is 0.378 e. The van der Waals surface area contributed by atoms with Gasteiger partial charge in [0.25, 0.3) is 0 Å². The number of ether oxygens (including phenoxy) is 1. The summed E-state index contributed by atoms with van der Waals surface area (Å²) in [6, 6.07) is 0.258. The average molecular weight is 367 g/mol. The molecule has 3 aliphatic rings. The van der Waals surface area contributed by atoms with Gasteiger partial charge in [-0.3, -0.25) is 4.79 Å². The van der Waals surface area contributed by atoms with Crippen LogP contribution in [-0.4, -0.2) is 103 Å². The van der Waals surface area contributed by atoms with E-state index in [-0.39, 0.29) is 18.0 Å². The SMILES string of the molecule is CC(=O)N(CCN1CCCCC1)C1CCCN(C(=O)N2CCOCC2)C1. The van der Waals surface area contributed by atoms with Crippen molar-refractivity contribution in [2.75, 3.05) is 65.6 Å². The molecule has 3 rings (SSSR count).